The Morgan fingerprint density at radius 2 is 1.89 bits per heavy atom. The van der Waals surface area contributed by atoms with E-state index in [0.29, 0.717) is 29.6 Å². The van der Waals surface area contributed by atoms with Gasteiger partial charge in [-0.25, -0.2) is 4.79 Å². The molecular formula is C22H20ClNO3. The molecule has 0 amide bonds. The first kappa shape index (κ1) is 16.7. The molecule has 0 atom stereocenters. The minimum Gasteiger partial charge on any atom is -0.471 e. The van der Waals surface area contributed by atoms with E-state index in [-0.39, 0.29) is 5.63 Å². The monoisotopic (exact) mass is 381 g/mol. The molecule has 5 heteroatoms. The first-order chi connectivity index (χ1) is 13.0. The molecule has 1 aromatic heterocycles. The molecule has 0 bridgehead atoms. The maximum Gasteiger partial charge on any atom is 0.339 e. The zero-order valence-electron chi connectivity index (χ0n) is 15.4. The van der Waals surface area contributed by atoms with Crippen molar-refractivity contribution >= 4 is 28.3 Å². The average molecular weight is 382 g/mol. The molecule has 0 unspecified atom stereocenters. The van der Waals surface area contributed by atoms with Gasteiger partial charge < -0.3 is 14.1 Å². The Bertz CT molecular complexity index is 1150. The number of fused-ring (bicyclic) bond motifs is 5. The van der Waals surface area contributed by atoms with Crippen molar-refractivity contribution in [3.8, 4) is 5.75 Å². The van der Waals surface area contributed by atoms with Crippen LogP contribution in [-0.4, -0.2) is 6.73 Å². The number of halogens is 1. The van der Waals surface area contributed by atoms with Crippen LogP contribution in [0.25, 0.3) is 11.0 Å². The molecule has 1 aliphatic carbocycles. The van der Waals surface area contributed by atoms with E-state index in [1.54, 1.807) is 0 Å². The van der Waals surface area contributed by atoms with Crippen molar-refractivity contribution < 1.29 is 9.15 Å². The average Bonchev–Trinajstić information content (AvgIpc) is 3.15. The van der Waals surface area contributed by atoms with E-state index < -0.39 is 0 Å². The van der Waals surface area contributed by atoms with Gasteiger partial charge >= 0.3 is 5.63 Å². The zero-order chi connectivity index (χ0) is 18.7. The third-order valence-corrected chi connectivity index (χ3v) is 5.96. The van der Waals surface area contributed by atoms with Gasteiger partial charge in [-0.15, -0.1) is 0 Å². The summed E-state index contributed by atoms with van der Waals surface area (Å²) in [4.78, 5) is 14.7. The smallest absolute Gasteiger partial charge is 0.339 e. The van der Waals surface area contributed by atoms with E-state index >= 15 is 0 Å². The number of hydrogen-bond acceptors (Lipinski definition) is 4. The second-order valence-corrected chi connectivity index (χ2v) is 7.91. The summed E-state index contributed by atoms with van der Waals surface area (Å²) >= 11 is 6.55. The molecule has 1 aliphatic heterocycles. The molecule has 2 aromatic carbocycles. The Morgan fingerprint density at radius 1 is 1.07 bits per heavy atom. The molecule has 0 N–H and O–H groups in total. The first-order valence-electron chi connectivity index (χ1n) is 9.28. The third kappa shape index (κ3) is 2.54. The SMILES string of the molecule is Cc1ccc(C)c(N2COc3c(Cl)cc4c5c(c(=O)oc4c3C2)CCC5)c1. The van der Waals surface area contributed by atoms with Gasteiger partial charge in [0, 0.05) is 16.6 Å². The van der Waals surface area contributed by atoms with Gasteiger partial charge in [-0.05, 0) is 61.9 Å². The number of aryl methyl sites for hydroxylation is 3. The Hall–Kier alpha value is -2.46. The van der Waals surface area contributed by atoms with Gasteiger partial charge in [-0.1, -0.05) is 23.7 Å². The molecule has 0 fully saturated rings. The summed E-state index contributed by atoms with van der Waals surface area (Å²) in [6, 6.07) is 8.27. The fourth-order valence-corrected chi connectivity index (χ4v) is 4.60. The summed E-state index contributed by atoms with van der Waals surface area (Å²) in [5, 5.41) is 1.54. The van der Waals surface area contributed by atoms with Gasteiger partial charge in [-0.2, -0.15) is 0 Å². The summed E-state index contributed by atoms with van der Waals surface area (Å²) in [5.74, 6) is 0.631. The lowest BCUT2D eigenvalue weighted by atomic mass is 10.0. The molecule has 3 aromatic rings. The number of anilines is 1. The number of benzene rings is 2. The van der Waals surface area contributed by atoms with Crippen LogP contribution in [0, 0.1) is 13.8 Å². The van der Waals surface area contributed by atoms with Gasteiger partial charge in [0.2, 0.25) is 0 Å². The van der Waals surface area contributed by atoms with Gasteiger partial charge in [0.25, 0.3) is 0 Å². The molecular weight excluding hydrogens is 362 g/mol. The summed E-state index contributed by atoms with van der Waals surface area (Å²) in [5.41, 5.74) is 6.66. The van der Waals surface area contributed by atoms with Crippen LogP contribution in [0.4, 0.5) is 5.69 Å². The van der Waals surface area contributed by atoms with Crippen LogP contribution in [0.1, 0.15) is 34.2 Å². The van der Waals surface area contributed by atoms with Crippen LogP contribution in [0.5, 0.6) is 5.75 Å². The minimum atomic E-state index is -0.219. The predicted molar refractivity (Wildman–Crippen MR) is 107 cm³/mol. The van der Waals surface area contributed by atoms with Gasteiger partial charge in [0.05, 0.1) is 17.1 Å². The van der Waals surface area contributed by atoms with Crippen LogP contribution in [-0.2, 0) is 19.4 Å². The van der Waals surface area contributed by atoms with Crippen molar-refractivity contribution in [3.63, 3.8) is 0 Å². The molecule has 2 heterocycles. The standard InChI is InChI=1S/C22H20ClNO3/c1-12-6-7-13(2)19(8-12)24-10-17-20-16(9-18(23)21(17)26-11-24)14-4-3-5-15(14)22(25)27-20/h6-9H,3-5,10-11H2,1-2H3. The second kappa shape index (κ2) is 6.03. The first-order valence-corrected chi connectivity index (χ1v) is 9.65. The Labute approximate surface area is 162 Å². The molecule has 27 heavy (non-hydrogen) atoms. The van der Waals surface area contributed by atoms with E-state index in [0.717, 1.165) is 47.0 Å². The van der Waals surface area contributed by atoms with Gasteiger partial charge in [-0.3, -0.25) is 0 Å². The quantitative estimate of drug-likeness (QED) is 0.562. The van der Waals surface area contributed by atoms with E-state index in [1.165, 1.54) is 11.1 Å². The van der Waals surface area contributed by atoms with Crippen LogP contribution >= 0.6 is 11.6 Å². The largest absolute Gasteiger partial charge is 0.471 e. The maximum absolute atomic E-state index is 12.5. The van der Waals surface area contributed by atoms with Crippen molar-refractivity contribution in [2.24, 2.45) is 0 Å². The molecule has 4 nitrogen and oxygen atoms in total. The number of rotatable bonds is 1. The minimum absolute atomic E-state index is 0.219. The Morgan fingerprint density at radius 3 is 2.74 bits per heavy atom. The van der Waals surface area contributed by atoms with Crippen LogP contribution in [0.15, 0.2) is 33.5 Å². The Balaban J connectivity index is 1.70. The molecule has 0 radical (unpaired) electrons. The van der Waals surface area contributed by atoms with Crippen molar-refractivity contribution in [1.82, 2.24) is 0 Å². The van der Waals surface area contributed by atoms with Gasteiger partial charge in [0.1, 0.15) is 11.3 Å². The fourth-order valence-electron chi connectivity index (χ4n) is 4.32. The maximum atomic E-state index is 12.5. The topological polar surface area (TPSA) is 42.7 Å². The highest BCUT2D eigenvalue weighted by Crippen LogP contribution is 2.42. The second-order valence-electron chi connectivity index (χ2n) is 7.50. The lowest BCUT2D eigenvalue weighted by Crippen LogP contribution is -2.33. The third-order valence-electron chi connectivity index (χ3n) is 5.68. The summed E-state index contributed by atoms with van der Waals surface area (Å²) < 4.78 is 11.8. The Kier molecular flexibility index (Phi) is 3.73. The summed E-state index contributed by atoms with van der Waals surface area (Å²) in [7, 11) is 0. The molecule has 5 rings (SSSR count). The van der Waals surface area contributed by atoms with Crippen molar-refractivity contribution in [1.29, 1.82) is 0 Å². The molecule has 2 aliphatic rings. The normalized spacial score (nSPS) is 15.6. The summed E-state index contributed by atoms with van der Waals surface area (Å²) in [6.07, 6.45) is 2.67. The van der Waals surface area contributed by atoms with Crippen molar-refractivity contribution in [2.45, 2.75) is 39.7 Å². The van der Waals surface area contributed by atoms with Crippen molar-refractivity contribution in [2.75, 3.05) is 11.6 Å². The van der Waals surface area contributed by atoms with E-state index in [9.17, 15) is 4.79 Å². The van der Waals surface area contributed by atoms with E-state index in [2.05, 4.69) is 36.9 Å². The summed E-state index contributed by atoms with van der Waals surface area (Å²) in [6.45, 7) is 5.18. The molecule has 0 saturated carbocycles. The predicted octanol–water partition coefficient (Wildman–Crippen LogP) is 4.91. The van der Waals surface area contributed by atoms with Crippen molar-refractivity contribution in [3.05, 3.63) is 67.5 Å². The van der Waals surface area contributed by atoms with Crippen LogP contribution in [0.3, 0.4) is 0 Å². The lowest BCUT2D eigenvalue weighted by molar-refractivity contribution is 0.289. The highest BCUT2D eigenvalue weighted by Gasteiger charge is 2.28. The highest BCUT2D eigenvalue weighted by molar-refractivity contribution is 6.33. The van der Waals surface area contributed by atoms with Gasteiger partial charge in [0.15, 0.2) is 6.73 Å². The fraction of sp³-hybridized carbons (Fsp3) is 0.318. The van der Waals surface area contributed by atoms with Crippen LogP contribution in [0.2, 0.25) is 5.02 Å². The molecule has 138 valence electrons. The van der Waals surface area contributed by atoms with E-state index in [4.69, 9.17) is 20.8 Å². The number of nitrogens with zero attached hydrogens (tertiary/aromatic N) is 1. The van der Waals surface area contributed by atoms with Crippen LogP contribution < -0.4 is 15.3 Å². The zero-order valence-corrected chi connectivity index (χ0v) is 16.2. The number of ether oxygens (including phenoxy) is 1. The molecule has 0 saturated heterocycles. The highest BCUT2D eigenvalue weighted by atomic mass is 35.5. The number of hydrogen-bond donors (Lipinski definition) is 0. The molecule has 0 spiro atoms. The lowest BCUT2D eigenvalue weighted by Gasteiger charge is -2.32. The van der Waals surface area contributed by atoms with E-state index in [1.807, 2.05) is 6.07 Å².